The monoisotopic (exact) mass is 328 g/mol. The van der Waals surface area contributed by atoms with Crippen LogP contribution in [0.25, 0.3) is 0 Å². The van der Waals surface area contributed by atoms with E-state index in [2.05, 4.69) is 15.3 Å². The molecule has 2 heterocycles. The Morgan fingerprint density at radius 3 is 2.87 bits per heavy atom. The molecule has 1 aromatic carbocycles. The lowest BCUT2D eigenvalue weighted by Crippen LogP contribution is -2.33. The summed E-state index contributed by atoms with van der Waals surface area (Å²) in [6.07, 6.45) is 4.83. The largest absolute Gasteiger partial charge is 0.358 e. The first-order valence-corrected chi connectivity index (χ1v) is 8.25. The third-order valence-corrected chi connectivity index (χ3v) is 4.50. The van der Waals surface area contributed by atoms with Gasteiger partial charge in [0, 0.05) is 29.4 Å². The molecule has 1 saturated heterocycles. The van der Waals surface area contributed by atoms with Crippen LogP contribution in [0.3, 0.4) is 0 Å². The van der Waals surface area contributed by atoms with Crippen molar-refractivity contribution in [2.75, 3.05) is 16.8 Å². The standard InChI is InChI=1S/C17H17ClN4O/c18-12-2-1-3-13(10-12)22-9-7-14(17(22)23)20-15-6-8-19-16(21-15)11-4-5-11/h1-3,6,8,10-11,14H,4-5,7,9H2,(H,19,20,21). The van der Waals surface area contributed by atoms with Crippen LogP contribution in [0.15, 0.2) is 36.5 Å². The van der Waals surface area contributed by atoms with Crippen LogP contribution in [0.1, 0.15) is 31.0 Å². The summed E-state index contributed by atoms with van der Waals surface area (Å²) in [5.41, 5.74) is 0.841. The van der Waals surface area contributed by atoms with E-state index in [1.807, 2.05) is 30.3 Å². The number of hydrogen-bond acceptors (Lipinski definition) is 4. The van der Waals surface area contributed by atoms with Crippen LogP contribution in [0.5, 0.6) is 0 Å². The molecular weight excluding hydrogens is 312 g/mol. The maximum absolute atomic E-state index is 12.6. The first-order chi connectivity index (χ1) is 11.2. The van der Waals surface area contributed by atoms with E-state index >= 15 is 0 Å². The number of benzene rings is 1. The molecule has 23 heavy (non-hydrogen) atoms. The third kappa shape index (κ3) is 3.01. The van der Waals surface area contributed by atoms with Crippen molar-refractivity contribution in [1.29, 1.82) is 0 Å². The average molecular weight is 329 g/mol. The molecule has 1 aliphatic carbocycles. The molecule has 1 amide bonds. The fraction of sp³-hybridized carbons (Fsp3) is 0.353. The van der Waals surface area contributed by atoms with Gasteiger partial charge in [0.2, 0.25) is 5.91 Å². The van der Waals surface area contributed by atoms with Gasteiger partial charge >= 0.3 is 0 Å². The predicted octanol–water partition coefficient (Wildman–Crippen LogP) is 3.22. The minimum Gasteiger partial charge on any atom is -0.358 e. The summed E-state index contributed by atoms with van der Waals surface area (Å²) < 4.78 is 0. The Morgan fingerprint density at radius 1 is 1.22 bits per heavy atom. The topological polar surface area (TPSA) is 58.1 Å². The molecule has 1 aromatic heterocycles. The Labute approximate surface area is 139 Å². The van der Waals surface area contributed by atoms with Crippen molar-refractivity contribution in [2.24, 2.45) is 0 Å². The van der Waals surface area contributed by atoms with Gasteiger partial charge in [-0.2, -0.15) is 0 Å². The first-order valence-electron chi connectivity index (χ1n) is 7.87. The van der Waals surface area contributed by atoms with Crippen molar-refractivity contribution >= 4 is 29.0 Å². The Morgan fingerprint density at radius 2 is 2.09 bits per heavy atom. The number of rotatable bonds is 4. The van der Waals surface area contributed by atoms with E-state index in [1.165, 1.54) is 0 Å². The summed E-state index contributed by atoms with van der Waals surface area (Å²) in [5, 5.41) is 3.89. The molecule has 0 radical (unpaired) electrons. The number of nitrogens with one attached hydrogen (secondary N) is 1. The zero-order valence-corrected chi connectivity index (χ0v) is 13.3. The molecule has 6 heteroatoms. The van der Waals surface area contributed by atoms with Crippen LogP contribution in [0.4, 0.5) is 11.5 Å². The molecule has 4 rings (SSSR count). The van der Waals surface area contributed by atoms with Gasteiger partial charge in [-0.1, -0.05) is 17.7 Å². The van der Waals surface area contributed by atoms with Gasteiger partial charge in [0.05, 0.1) is 0 Å². The number of amides is 1. The summed E-state index contributed by atoms with van der Waals surface area (Å²) in [5.74, 6) is 2.16. The normalized spacial score (nSPS) is 20.8. The van der Waals surface area contributed by atoms with E-state index in [0.717, 1.165) is 36.6 Å². The molecule has 2 fully saturated rings. The minimum absolute atomic E-state index is 0.0545. The molecular formula is C17H17ClN4O. The second-order valence-electron chi connectivity index (χ2n) is 6.03. The van der Waals surface area contributed by atoms with Crippen molar-refractivity contribution in [3.63, 3.8) is 0 Å². The molecule has 5 nitrogen and oxygen atoms in total. The Balaban J connectivity index is 1.48. The van der Waals surface area contributed by atoms with Gasteiger partial charge in [-0.05, 0) is 43.5 Å². The van der Waals surface area contributed by atoms with Gasteiger partial charge in [0.15, 0.2) is 0 Å². The molecule has 0 spiro atoms. The van der Waals surface area contributed by atoms with E-state index in [1.54, 1.807) is 11.1 Å². The van der Waals surface area contributed by atoms with Crippen molar-refractivity contribution < 1.29 is 4.79 Å². The van der Waals surface area contributed by atoms with E-state index < -0.39 is 0 Å². The number of carbonyl (C=O) groups is 1. The van der Waals surface area contributed by atoms with Crippen LogP contribution in [0, 0.1) is 0 Å². The molecule has 1 unspecified atom stereocenters. The Bertz CT molecular complexity index is 747. The quantitative estimate of drug-likeness (QED) is 0.936. The second-order valence-corrected chi connectivity index (χ2v) is 6.47. The van der Waals surface area contributed by atoms with Crippen molar-refractivity contribution in [1.82, 2.24) is 9.97 Å². The Kier molecular flexibility index (Phi) is 3.65. The van der Waals surface area contributed by atoms with Crippen LogP contribution < -0.4 is 10.2 Å². The number of halogens is 1. The van der Waals surface area contributed by atoms with E-state index in [0.29, 0.717) is 17.5 Å². The fourth-order valence-electron chi connectivity index (χ4n) is 2.89. The zero-order chi connectivity index (χ0) is 15.8. The summed E-state index contributed by atoms with van der Waals surface area (Å²) in [6, 6.07) is 8.96. The third-order valence-electron chi connectivity index (χ3n) is 4.26. The van der Waals surface area contributed by atoms with Gasteiger partial charge in [0.1, 0.15) is 17.7 Å². The summed E-state index contributed by atoms with van der Waals surface area (Å²) in [6.45, 7) is 0.678. The summed E-state index contributed by atoms with van der Waals surface area (Å²) in [7, 11) is 0. The number of anilines is 2. The van der Waals surface area contributed by atoms with Crippen LogP contribution in [-0.2, 0) is 4.79 Å². The minimum atomic E-state index is -0.254. The molecule has 0 bridgehead atoms. The fourth-order valence-corrected chi connectivity index (χ4v) is 3.07. The first kappa shape index (κ1) is 14.5. The lowest BCUT2D eigenvalue weighted by Gasteiger charge is -2.17. The maximum Gasteiger partial charge on any atom is 0.249 e. The highest BCUT2D eigenvalue weighted by atomic mass is 35.5. The average Bonchev–Trinajstić information content (AvgIpc) is 3.34. The van der Waals surface area contributed by atoms with E-state index in [9.17, 15) is 4.79 Å². The van der Waals surface area contributed by atoms with Gasteiger partial charge < -0.3 is 10.2 Å². The molecule has 1 saturated carbocycles. The number of nitrogens with zero attached hydrogens (tertiary/aromatic N) is 3. The van der Waals surface area contributed by atoms with E-state index in [-0.39, 0.29) is 11.9 Å². The molecule has 2 aliphatic rings. The number of hydrogen-bond donors (Lipinski definition) is 1. The Hall–Kier alpha value is -2.14. The smallest absolute Gasteiger partial charge is 0.249 e. The van der Waals surface area contributed by atoms with E-state index in [4.69, 9.17) is 11.6 Å². The summed E-state index contributed by atoms with van der Waals surface area (Å²) >= 11 is 6.02. The molecule has 1 aliphatic heterocycles. The van der Waals surface area contributed by atoms with Crippen LogP contribution in [-0.4, -0.2) is 28.5 Å². The lowest BCUT2D eigenvalue weighted by molar-refractivity contribution is -0.117. The van der Waals surface area contributed by atoms with Gasteiger partial charge in [-0.25, -0.2) is 9.97 Å². The van der Waals surface area contributed by atoms with Crippen molar-refractivity contribution in [3.8, 4) is 0 Å². The second kappa shape index (κ2) is 5.81. The van der Waals surface area contributed by atoms with Crippen molar-refractivity contribution in [2.45, 2.75) is 31.2 Å². The number of carbonyl (C=O) groups excluding carboxylic acids is 1. The van der Waals surface area contributed by atoms with Gasteiger partial charge in [-0.3, -0.25) is 4.79 Å². The maximum atomic E-state index is 12.6. The lowest BCUT2D eigenvalue weighted by atomic mass is 10.2. The highest BCUT2D eigenvalue weighted by molar-refractivity contribution is 6.31. The number of aromatic nitrogens is 2. The van der Waals surface area contributed by atoms with Gasteiger partial charge in [-0.15, -0.1) is 0 Å². The molecule has 1 N–H and O–H groups in total. The van der Waals surface area contributed by atoms with Crippen molar-refractivity contribution in [3.05, 3.63) is 47.4 Å². The SMILES string of the molecule is O=C1C(Nc2ccnc(C3CC3)n2)CCN1c1cccc(Cl)c1. The predicted molar refractivity (Wildman–Crippen MR) is 89.8 cm³/mol. The highest BCUT2D eigenvalue weighted by Crippen LogP contribution is 2.38. The molecule has 2 aromatic rings. The molecule has 118 valence electrons. The van der Waals surface area contributed by atoms with Crippen LogP contribution in [0.2, 0.25) is 5.02 Å². The zero-order valence-electron chi connectivity index (χ0n) is 12.6. The van der Waals surface area contributed by atoms with Crippen LogP contribution >= 0.6 is 11.6 Å². The highest BCUT2D eigenvalue weighted by Gasteiger charge is 2.33. The molecule has 1 atom stereocenters. The van der Waals surface area contributed by atoms with Gasteiger partial charge in [0.25, 0.3) is 0 Å². The summed E-state index contributed by atoms with van der Waals surface area (Å²) in [4.78, 5) is 23.2.